The maximum atomic E-state index is 12.9. The van der Waals surface area contributed by atoms with Gasteiger partial charge in [0.1, 0.15) is 24.3 Å². The van der Waals surface area contributed by atoms with Crippen molar-refractivity contribution in [1.29, 1.82) is 0 Å². The van der Waals surface area contributed by atoms with Gasteiger partial charge in [-0.2, -0.15) is 5.10 Å². The highest BCUT2D eigenvalue weighted by Crippen LogP contribution is 2.38. The normalized spacial score (nSPS) is 16.6. The predicted molar refractivity (Wildman–Crippen MR) is 116 cm³/mol. The number of carbonyl (C=O) groups excluding carboxylic acids is 2. The topological polar surface area (TPSA) is 110 Å². The molecule has 164 valence electrons. The number of aromatic nitrogens is 3. The molecule has 1 unspecified atom stereocenters. The number of hydrogen-bond acceptors (Lipinski definition) is 7. The van der Waals surface area contributed by atoms with E-state index >= 15 is 0 Å². The Kier molecular flexibility index (Phi) is 6.30. The van der Waals surface area contributed by atoms with E-state index in [1.54, 1.807) is 16.5 Å². The Balaban J connectivity index is 1.59. The van der Waals surface area contributed by atoms with Gasteiger partial charge < -0.3 is 20.1 Å². The SMILES string of the molecule is Cc1nc(C)n(CC(=O)N2CCOC(c3c(C(=O)NCCO)sc4ccccc34)C2)n1. The quantitative estimate of drug-likeness (QED) is 0.597. The van der Waals surface area contributed by atoms with Crippen molar-refractivity contribution >= 4 is 33.2 Å². The molecule has 1 aliphatic heterocycles. The molecular formula is C21H25N5O4S. The number of aryl methyl sites for hydroxylation is 2. The van der Waals surface area contributed by atoms with E-state index in [-0.39, 0.29) is 31.5 Å². The number of fused-ring (bicyclic) bond motifs is 1. The van der Waals surface area contributed by atoms with Crippen LogP contribution in [0.1, 0.15) is 33.0 Å². The van der Waals surface area contributed by atoms with E-state index in [9.17, 15) is 9.59 Å². The monoisotopic (exact) mass is 443 g/mol. The van der Waals surface area contributed by atoms with Gasteiger partial charge in [-0.15, -0.1) is 11.3 Å². The van der Waals surface area contributed by atoms with Crippen LogP contribution in [-0.2, 0) is 16.1 Å². The highest BCUT2D eigenvalue weighted by molar-refractivity contribution is 7.21. The van der Waals surface area contributed by atoms with Crippen LogP contribution in [0.25, 0.3) is 10.1 Å². The van der Waals surface area contributed by atoms with E-state index in [2.05, 4.69) is 15.4 Å². The predicted octanol–water partition coefficient (Wildman–Crippen LogP) is 1.43. The molecule has 0 spiro atoms. The minimum Gasteiger partial charge on any atom is -0.395 e. The number of carbonyl (C=O) groups is 2. The second kappa shape index (κ2) is 9.13. The molecule has 1 aliphatic rings. The number of benzene rings is 1. The van der Waals surface area contributed by atoms with Gasteiger partial charge in [-0.3, -0.25) is 9.59 Å². The Morgan fingerprint density at radius 1 is 1.32 bits per heavy atom. The van der Waals surface area contributed by atoms with E-state index < -0.39 is 6.10 Å². The number of aliphatic hydroxyl groups excluding tert-OH is 1. The molecule has 2 amide bonds. The summed E-state index contributed by atoms with van der Waals surface area (Å²) in [6.45, 7) is 5.01. The number of amides is 2. The molecule has 9 nitrogen and oxygen atoms in total. The van der Waals surface area contributed by atoms with Crippen LogP contribution in [0.5, 0.6) is 0 Å². The molecule has 1 aromatic carbocycles. The average Bonchev–Trinajstić information content (AvgIpc) is 3.31. The van der Waals surface area contributed by atoms with E-state index in [0.29, 0.717) is 36.2 Å². The standard InChI is InChI=1S/C21H25N5O4S/c1-13-23-14(2)26(24-13)12-18(28)25-8-10-30-16(11-25)19-15-5-3-4-6-17(15)31-20(19)21(29)22-7-9-27/h3-6,16,27H,7-12H2,1-2H3,(H,22,29). The molecule has 0 aliphatic carbocycles. The molecule has 2 aromatic heterocycles. The van der Waals surface area contributed by atoms with Gasteiger partial charge in [0, 0.05) is 23.4 Å². The Hall–Kier alpha value is -2.82. The molecule has 31 heavy (non-hydrogen) atoms. The van der Waals surface area contributed by atoms with Crippen LogP contribution < -0.4 is 5.32 Å². The first-order valence-electron chi connectivity index (χ1n) is 10.2. The van der Waals surface area contributed by atoms with Gasteiger partial charge in [0.25, 0.3) is 5.91 Å². The lowest BCUT2D eigenvalue weighted by atomic mass is 10.0. The summed E-state index contributed by atoms with van der Waals surface area (Å²) in [5.74, 6) is 1.02. The van der Waals surface area contributed by atoms with Gasteiger partial charge in [-0.1, -0.05) is 18.2 Å². The molecule has 0 radical (unpaired) electrons. The Morgan fingerprint density at radius 3 is 2.87 bits per heavy atom. The fourth-order valence-corrected chi connectivity index (χ4v) is 4.96. The van der Waals surface area contributed by atoms with Crippen molar-refractivity contribution < 1.29 is 19.4 Å². The maximum absolute atomic E-state index is 12.9. The first-order chi connectivity index (χ1) is 15.0. The minimum atomic E-state index is -0.415. The average molecular weight is 444 g/mol. The van der Waals surface area contributed by atoms with Crippen LogP contribution in [-0.4, -0.2) is 69.4 Å². The third kappa shape index (κ3) is 4.46. The number of ether oxygens (including phenoxy) is 1. The first-order valence-corrected chi connectivity index (χ1v) is 11.0. The number of rotatable bonds is 6. The number of aliphatic hydroxyl groups is 1. The van der Waals surface area contributed by atoms with Crippen molar-refractivity contribution in [3.8, 4) is 0 Å². The van der Waals surface area contributed by atoms with Crippen LogP contribution in [0.3, 0.4) is 0 Å². The fraction of sp³-hybridized carbons (Fsp3) is 0.429. The van der Waals surface area contributed by atoms with Gasteiger partial charge >= 0.3 is 0 Å². The van der Waals surface area contributed by atoms with E-state index in [0.717, 1.165) is 15.6 Å². The summed E-state index contributed by atoms with van der Waals surface area (Å²) in [6.07, 6.45) is -0.415. The lowest BCUT2D eigenvalue weighted by Gasteiger charge is -2.33. The summed E-state index contributed by atoms with van der Waals surface area (Å²) in [6, 6.07) is 7.79. The van der Waals surface area contributed by atoms with Crippen LogP contribution in [0.4, 0.5) is 0 Å². The number of hydrogen-bond donors (Lipinski definition) is 2. The highest BCUT2D eigenvalue weighted by atomic mass is 32.1. The van der Waals surface area contributed by atoms with Gasteiger partial charge in [-0.05, 0) is 25.3 Å². The number of morpholine rings is 1. The van der Waals surface area contributed by atoms with Crippen LogP contribution in [0.15, 0.2) is 24.3 Å². The van der Waals surface area contributed by atoms with Crippen LogP contribution >= 0.6 is 11.3 Å². The van der Waals surface area contributed by atoms with Crippen molar-refractivity contribution in [2.75, 3.05) is 32.8 Å². The Bertz CT molecular complexity index is 1110. The van der Waals surface area contributed by atoms with Gasteiger partial charge in [0.05, 0.1) is 24.6 Å². The molecule has 1 saturated heterocycles. The molecule has 2 N–H and O–H groups in total. The largest absolute Gasteiger partial charge is 0.395 e. The summed E-state index contributed by atoms with van der Waals surface area (Å²) < 4.78 is 8.62. The van der Waals surface area contributed by atoms with Crippen LogP contribution in [0, 0.1) is 13.8 Å². The molecule has 10 heteroatoms. The zero-order valence-electron chi connectivity index (χ0n) is 17.5. The fourth-order valence-electron chi connectivity index (χ4n) is 3.79. The summed E-state index contributed by atoms with van der Waals surface area (Å²) in [7, 11) is 0. The Labute approximate surface area is 183 Å². The third-order valence-corrected chi connectivity index (χ3v) is 6.41. The summed E-state index contributed by atoms with van der Waals surface area (Å²) in [5, 5.41) is 17.0. The molecule has 0 saturated carbocycles. The van der Waals surface area contributed by atoms with Crippen LogP contribution in [0.2, 0.25) is 0 Å². The summed E-state index contributed by atoms with van der Waals surface area (Å²) in [4.78, 5) is 32.3. The van der Waals surface area contributed by atoms with E-state index in [1.165, 1.54) is 11.3 Å². The first kappa shape index (κ1) is 21.4. The zero-order chi connectivity index (χ0) is 22.0. The maximum Gasteiger partial charge on any atom is 0.261 e. The second-order valence-electron chi connectivity index (χ2n) is 7.38. The number of nitrogens with one attached hydrogen (secondary N) is 1. The van der Waals surface area contributed by atoms with E-state index in [4.69, 9.17) is 9.84 Å². The molecule has 0 bridgehead atoms. The minimum absolute atomic E-state index is 0.0629. The molecule has 1 atom stereocenters. The molecule has 3 heterocycles. The van der Waals surface area contributed by atoms with Crippen molar-refractivity contribution in [3.05, 3.63) is 46.4 Å². The van der Waals surface area contributed by atoms with Gasteiger partial charge in [-0.25, -0.2) is 9.67 Å². The lowest BCUT2D eigenvalue weighted by Crippen LogP contribution is -2.44. The summed E-state index contributed by atoms with van der Waals surface area (Å²) >= 11 is 1.39. The number of thiophene rings is 1. The van der Waals surface area contributed by atoms with E-state index in [1.807, 2.05) is 31.2 Å². The second-order valence-corrected chi connectivity index (χ2v) is 8.44. The third-order valence-electron chi connectivity index (χ3n) is 5.23. The highest BCUT2D eigenvalue weighted by Gasteiger charge is 2.31. The molecule has 3 aromatic rings. The van der Waals surface area contributed by atoms with Gasteiger partial charge in [0.2, 0.25) is 5.91 Å². The molecule has 4 rings (SSSR count). The molecule has 1 fully saturated rings. The van der Waals surface area contributed by atoms with Crippen molar-refractivity contribution in [2.45, 2.75) is 26.5 Å². The Morgan fingerprint density at radius 2 is 2.13 bits per heavy atom. The van der Waals surface area contributed by atoms with Crippen molar-refractivity contribution in [3.63, 3.8) is 0 Å². The van der Waals surface area contributed by atoms with Crippen molar-refractivity contribution in [2.24, 2.45) is 0 Å². The zero-order valence-corrected chi connectivity index (χ0v) is 18.3. The summed E-state index contributed by atoms with van der Waals surface area (Å²) in [5.41, 5.74) is 0.793. The smallest absolute Gasteiger partial charge is 0.261 e. The molecular weight excluding hydrogens is 418 g/mol. The van der Waals surface area contributed by atoms with Crippen molar-refractivity contribution in [1.82, 2.24) is 25.0 Å². The lowest BCUT2D eigenvalue weighted by molar-refractivity contribution is -0.139. The number of nitrogens with zero attached hydrogens (tertiary/aromatic N) is 4. The van der Waals surface area contributed by atoms with Gasteiger partial charge in [0.15, 0.2) is 0 Å².